The van der Waals surface area contributed by atoms with Gasteiger partial charge in [0, 0.05) is 11.1 Å². The number of carbonyl (C=O) groups is 1. The number of nitrogens with two attached hydrogens (primary N) is 1. The minimum absolute atomic E-state index is 0.0745. The molecule has 0 unspecified atom stereocenters. The SMILES string of the molecule is Cc1csc(COC(=O)c2ccc(F)c(N)c2)n1. The molecule has 0 atom stereocenters. The van der Waals surface area contributed by atoms with Crippen LogP contribution in [0.15, 0.2) is 23.6 Å². The highest BCUT2D eigenvalue weighted by atomic mass is 32.1. The number of halogens is 1. The lowest BCUT2D eigenvalue weighted by Gasteiger charge is -2.04. The number of anilines is 1. The topological polar surface area (TPSA) is 65.2 Å². The third kappa shape index (κ3) is 2.84. The van der Waals surface area contributed by atoms with Crippen molar-refractivity contribution < 1.29 is 13.9 Å². The number of esters is 1. The first-order valence-electron chi connectivity index (χ1n) is 5.19. The number of nitrogens with zero attached hydrogens (tertiary/aromatic N) is 1. The van der Waals surface area contributed by atoms with Crippen LogP contribution >= 0.6 is 11.3 Å². The lowest BCUT2D eigenvalue weighted by atomic mass is 10.2. The molecule has 0 saturated carbocycles. The summed E-state index contributed by atoms with van der Waals surface area (Å²) in [5, 5.41) is 2.59. The smallest absolute Gasteiger partial charge is 0.338 e. The molecule has 18 heavy (non-hydrogen) atoms. The second-order valence-corrected chi connectivity index (χ2v) is 4.64. The maximum atomic E-state index is 12.9. The maximum Gasteiger partial charge on any atom is 0.338 e. The molecule has 94 valence electrons. The molecule has 1 aromatic heterocycles. The molecule has 1 heterocycles. The average Bonchev–Trinajstić information content (AvgIpc) is 2.75. The predicted molar refractivity (Wildman–Crippen MR) is 66.8 cm³/mol. The maximum absolute atomic E-state index is 12.9. The quantitative estimate of drug-likeness (QED) is 0.685. The van der Waals surface area contributed by atoms with Gasteiger partial charge < -0.3 is 10.5 Å². The van der Waals surface area contributed by atoms with Gasteiger partial charge >= 0.3 is 5.97 Å². The van der Waals surface area contributed by atoms with Gasteiger partial charge in [0.05, 0.1) is 11.3 Å². The Kier molecular flexibility index (Phi) is 3.57. The van der Waals surface area contributed by atoms with Crippen LogP contribution in [0.1, 0.15) is 21.1 Å². The molecule has 0 bridgehead atoms. The van der Waals surface area contributed by atoms with Crippen molar-refractivity contribution in [2.75, 3.05) is 5.73 Å². The van der Waals surface area contributed by atoms with Crippen LogP contribution in [0, 0.1) is 12.7 Å². The van der Waals surface area contributed by atoms with E-state index in [0.717, 1.165) is 16.8 Å². The number of rotatable bonds is 3. The number of aromatic nitrogens is 1. The standard InChI is InChI=1S/C12H11FN2O2S/c1-7-6-18-11(15-7)5-17-12(16)8-2-3-9(13)10(14)4-8/h2-4,6H,5,14H2,1H3. The van der Waals surface area contributed by atoms with Crippen molar-refractivity contribution in [1.82, 2.24) is 4.98 Å². The summed E-state index contributed by atoms with van der Waals surface area (Å²) in [6.45, 7) is 1.97. The zero-order chi connectivity index (χ0) is 13.1. The lowest BCUT2D eigenvalue weighted by molar-refractivity contribution is 0.0472. The van der Waals surface area contributed by atoms with Gasteiger partial charge in [0.1, 0.15) is 17.4 Å². The van der Waals surface area contributed by atoms with Crippen LogP contribution < -0.4 is 5.73 Å². The van der Waals surface area contributed by atoms with E-state index in [0.29, 0.717) is 0 Å². The second-order valence-electron chi connectivity index (χ2n) is 3.70. The van der Waals surface area contributed by atoms with Gasteiger partial charge in [-0.15, -0.1) is 11.3 Å². The van der Waals surface area contributed by atoms with Gasteiger partial charge in [-0.2, -0.15) is 0 Å². The van der Waals surface area contributed by atoms with Gasteiger partial charge in [-0.05, 0) is 25.1 Å². The van der Waals surface area contributed by atoms with Crippen LogP contribution in [0.3, 0.4) is 0 Å². The highest BCUT2D eigenvalue weighted by Crippen LogP contribution is 2.15. The van der Waals surface area contributed by atoms with Crippen LogP contribution in [0.5, 0.6) is 0 Å². The normalized spacial score (nSPS) is 10.3. The fourth-order valence-electron chi connectivity index (χ4n) is 1.35. The molecule has 0 fully saturated rings. The van der Waals surface area contributed by atoms with Gasteiger partial charge in [0.25, 0.3) is 0 Å². The summed E-state index contributed by atoms with van der Waals surface area (Å²) in [5.74, 6) is -1.10. The summed E-state index contributed by atoms with van der Waals surface area (Å²) < 4.78 is 18.0. The van der Waals surface area contributed by atoms with E-state index in [1.54, 1.807) is 0 Å². The Labute approximate surface area is 107 Å². The van der Waals surface area contributed by atoms with Crippen molar-refractivity contribution >= 4 is 23.0 Å². The molecule has 0 saturated heterocycles. The van der Waals surface area contributed by atoms with Crippen molar-refractivity contribution in [1.29, 1.82) is 0 Å². The van der Waals surface area contributed by atoms with E-state index in [1.807, 2.05) is 12.3 Å². The number of carbonyl (C=O) groups excluding carboxylic acids is 1. The largest absolute Gasteiger partial charge is 0.455 e. The lowest BCUT2D eigenvalue weighted by Crippen LogP contribution is -2.06. The number of thiazole rings is 1. The average molecular weight is 266 g/mol. The number of benzene rings is 1. The molecule has 6 heteroatoms. The Morgan fingerprint density at radius 1 is 1.56 bits per heavy atom. The highest BCUT2D eigenvalue weighted by Gasteiger charge is 2.10. The van der Waals surface area contributed by atoms with Crippen LogP contribution in [-0.4, -0.2) is 11.0 Å². The Morgan fingerprint density at radius 3 is 2.94 bits per heavy atom. The highest BCUT2D eigenvalue weighted by molar-refractivity contribution is 7.09. The molecule has 0 spiro atoms. The summed E-state index contributed by atoms with van der Waals surface area (Å²) in [5.41, 5.74) is 6.41. The summed E-state index contributed by atoms with van der Waals surface area (Å²) in [6.07, 6.45) is 0. The molecule has 0 radical (unpaired) electrons. The number of hydrogen-bond donors (Lipinski definition) is 1. The summed E-state index contributed by atoms with van der Waals surface area (Å²) in [7, 11) is 0. The first-order chi connectivity index (χ1) is 8.56. The monoisotopic (exact) mass is 266 g/mol. The summed E-state index contributed by atoms with van der Waals surface area (Å²) in [4.78, 5) is 15.8. The Morgan fingerprint density at radius 2 is 2.33 bits per heavy atom. The summed E-state index contributed by atoms with van der Waals surface area (Å²) in [6, 6.07) is 3.73. The Bertz CT molecular complexity index is 583. The second kappa shape index (κ2) is 5.14. The van der Waals surface area contributed by atoms with E-state index in [2.05, 4.69) is 4.98 Å². The molecule has 0 amide bonds. The van der Waals surface area contributed by atoms with Gasteiger partial charge in [-0.1, -0.05) is 0 Å². The minimum Gasteiger partial charge on any atom is -0.455 e. The van der Waals surface area contributed by atoms with Crippen molar-refractivity contribution in [3.63, 3.8) is 0 Å². The van der Waals surface area contributed by atoms with Gasteiger partial charge in [-0.25, -0.2) is 14.2 Å². The van der Waals surface area contributed by atoms with E-state index in [9.17, 15) is 9.18 Å². The molecule has 1 aromatic carbocycles. The molecule has 2 rings (SSSR count). The molecular weight excluding hydrogens is 255 g/mol. The number of aryl methyl sites for hydroxylation is 1. The molecule has 0 aliphatic rings. The van der Waals surface area contributed by atoms with Crippen molar-refractivity contribution in [2.45, 2.75) is 13.5 Å². The summed E-state index contributed by atoms with van der Waals surface area (Å²) >= 11 is 1.42. The zero-order valence-electron chi connectivity index (χ0n) is 9.64. The molecular formula is C12H11FN2O2S. The molecule has 4 nitrogen and oxygen atoms in total. The van der Waals surface area contributed by atoms with Crippen molar-refractivity contribution in [3.8, 4) is 0 Å². The van der Waals surface area contributed by atoms with E-state index in [1.165, 1.54) is 23.5 Å². The number of hydrogen-bond acceptors (Lipinski definition) is 5. The molecule has 2 aromatic rings. The fraction of sp³-hybridized carbons (Fsp3) is 0.167. The third-order valence-electron chi connectivity index (χ3n) is 2.23. The first-order valence-corrected chi connectivity index (χ1v) is 6.07. The van der Waals surface area contributed by atoms with Crippen LogP contribution in [0.2, 0.25) is 0 Å². The number of ether oxygens (including phenoxy) is 1. The van der Waals surface area contributed by atoms with E-state index in [4.69, 9.17) is 10.5 Å². The minimum atomic E-state index is -0.554. The molecule has 0 aliphatic heterocycles. The van der Waals surface area contributed by atoms with E-state index < -0.39 is 11.8 Å². The fourth-order valence-corrected chi connectivity index (χ4v) is 2.03. The van der Waals surface area contributed by atoms with Crippen LogP contribution in [0.4, 0.5) is 10.1 Å². The van der Waals surface area contributed by atoms with E-state index in [-0.39, 0.29) is 17.9 Å². The van der Waals surface area contributed by atoms with E-state index >= 15 is 0 Å². The van der Waals surface area contributed by atoms with Crippen molar-refractivity contribution in [2.24, 2.45) is 0 Å². The van der Waals surface area contributed by atoms with Crippen LogP contribution in [-0.2, 0) is 11.3 Å². The number of nitrogen functional groups attached to an aromatic ring is 1. The predicted octanol–water partition coefficient (Wildman–Crippen LogP) is 2.53. The zero-order valence-corrected chi connectivity index (χ0v) is 10.5. The molecule has 2 N–H and O–H groups in total. The van der Waals surface area contributed by atoms with Gasteiger partial charge in [0.2, 0.25) is 0 Å². The Balaban J connectivity index is 2.01. The van der Waals surface area contributed by atoms with Crippen LogP contribution in [0.25, 0.3) is 0 Å². The third-order valence-corrected chi connectivity index (χ3v) is 3.17. The first kappa shape index (κ1) is 12.5. The van der Waals surface area contributed by atoms with Gasteiger partial charge in [-0.3, -0.25) is 0 Å². The van der Waals surface area contributed by atoms with Gasteiger partial charge in [0.15, 0.2) is 0 Å². The molecule has 0 aliphatic carbocycles. The Hall–Kier alpha value is -1.95. The van der Waals surface area contributed by atoms with Crippen molar-refractivity contribution in [3.05, 3.63) is 45.7 Å².